The smallest absolute Gasteiger partial charge is 0.138 e. The van der Waals surface area contributed by atoms with Gasteiger partial charge in [-0.25, -0.2) is 9.97 Å². The molecule has 0 spiro atoms. The van der Waals surface area contributed by atoms with E-state index >= 15 is 0 Å². The fraction of sp³-hybridized carbons (Fsp3) is 0.143. The minimum atomic E-state index is 0.534. The summed E-state index contributed by atoms with van der Waals surface area (Å²) >= 11 is 5.82. The van der Waals surface area contributed by atoms with E-state index in [0.717, 1.165) is 17.8 Å². The van der Waals surface area contributed by atoms with Crippen LogP contribution in [0.25, 0.3) is 0 Å². The van der Waals surface area contributed by atoms with E-state index < -0.39 is 0 Å². The van der Waals surface area contributed by atoms with E-state index in [1.165, 1.54) is 6.33 Å². The standard InChI is InChI=1S/C7H6ClN3/c8-6-5-2-1-3-9-7(5)11-4-10-6/h1,3-4H,2H2,(H,9,10,11). The summed E-state index contributed by atoms with van der Waals surface area (Å²) in [5, 5.41) is 3.52. The van der Waals surface area contributed by atoms with Crippen molar-refractivity contribution in [1.29, 1.82) is 0 Å². The van der Waals surface area contributed by atoms with Crippen molar-refractivity contribution in [2.75, 3.05) is 5.32 Å². The molecule has 0 saturated heterocycles. The molecule has 0 atom stereocenters. The van der Waals surface area contributed by atoms with Crippen LogP contribution in [0.5, 0.6) is 0 Å². The van der Waals surface area contributed by atoms with Crippen molar-refractivity contribution < 1.29 is 0 Å². The Kier molecular flexibility index (Phi) is 1.51. The molecule has 1 aliphatic rings. The van der Waals surface area contributed by atoms with Crippen molar-refractivity contribution in [3.8, 4) is 0 Å². The summed E-state index contributed by atoms with van der Waals surface area (Å²) in [6.45, 7) is 0. The SMILES string of the molecule is Clc1ncnc2c1CC=CN2. The molecule has 0 aromatic carbocycles. The lowest BCUT2D eigenvalue weighted by Crippen LogP contribution is -2.03. The molecule has 2 rings (SSSR count). The van der Waals surface area contributed by atoms with Gasteiger partial charge in [-0.05, 0) is 12.6 Å². The molecular weight excluding hydrogens is 162 g/mol. The number of allylic oxidation sites excluding steroid dienone is 1. The van der Waals surface area contributed by atoms with Gasteiger partial charge in [0, 0.05) is 5.56 Å². The Morgan fingerprint density at radius 3 is 3.18 bits per heavy atom. The predicted octanol–water partition coefficient (Wildman–Crippen LogP) is 1.61. The van der Waals surface area contributed by atoms with Gasteiger partial charge in [-0.15, -0.1) is 0 Å². The topological polar surface area (TPSA) is 37.8 Å². The summed E-state index contributed by atoms with van der Waals surface area (Å²) in [4.78, 5) is 7.90. The van der Waals surface area contributed by atoms with Crippen LogP contribution < -0.4 is 5.32 Å². The molecule has 0 saturated carbocycles. The summed E-state index contributed by atoms with van der Waals surface area (Å²) in [5.74, 6) is 0.813. The molecule has 0 aliphatic carbocycles. The molecule has 3 nitrogen and oxygen atoms in total. The molecule has 1 aromatic heterocycles. The molecule has 56 valence electrons. The lowest BCUT2D eigenvalue weighted by Gasteiger charge is -2.10. The van der Waals surface area contributed by atoms with Crippen LogP contribution in [0.3, 0.4) is 0 Å². The van der Waals surface area contributed by atoms with Crippen LogP contribution in [0.2, 0.25) is 5.15 Å². The maximum atomic E-state index is 5.82. The molecule has 4 heteroatoms. The van der Waals surface area contributed by atoms with Gasteiger partial charge in [-0.2, -0.15) is 0 Å². The Balaban J connectivity index is 2.54. The fourth-order valence-electron chi connectivity index (χ4n) is 1.01. The molecule has 0 bridgehead atoms. The van der Waals surface area contributed by atoms with Gasteiger partial charge in [-0.3, -0.25) is 0 Å². The predicted molar refractivity (Wildman–Crippen MR) is 43.5 cm³/mol. The molecule has 0 amide bonds. The van der Waals surface area contributed by atoms with Crippen LogP contribution in [0.1, 0.15) is 5.56 Å². The third-order valence-corrected chi connectivity index (χ3v) is 1.88. The van der Waals surface area contributed by atoms with E-state index in [0.29, 0.717) is 5.15 Å². The average Bonchev–Trinajstić information content (AvgIpc) is 2.06. The number of aromatic nitrogens is 2. The van der Waals surface area contributed by atoms with Gasteiger partial charge in [0.15, 0.2) is 0 Å². The van der Waals surface area contributed by atoms with Crippen molar-refractivity contribution in [3.05, 3.63) is 29.3 Å². The number of fused-ring (bicyclic) bond motifs is 1. The van der Waals surface area contributed by atoms with Gasteiger partial charge in [0.25, 0.3) is 0 Å². The van der Waals surface area contributed by atoms with Gasteiger partial charge in [-0.1, -0.05) is 17.7 Å². The highest BCUT2D eigenvalue weighted by Crippen LogP contribution is 2.22. The average molecular weight is 168 g/mol. The maximum absolute atomic E-state index is 5.82. The fourth-order valence-corrected chi connectivity index (χ4v) is 1.22. The van der Waals surface area contributed by atoms with E-state index in [9.17, 15) is 0 Å². The van der Waals surface area contributed by atoms with Gasteiger partial charge < -0.3 is 5.32 Å². The third-order valence-electron chi connectivity index (χ3n) is 1.55. The number of nitrogens with one attached hydrogen (secondary N) is 1. The summed E-state index contributed by atoms with van der Waals surface area (Å²) in [5.41, 5.74) is 0.969. The number of nitrogens with zero attached hydrogens (tertiary/aromatic N) is 2. The first-order chi connectivity index (χ1) is 5.38. The Morgan fingerprint density at radius 2 is 2.36 bits per heavy atom. The van der Waals surface area contributed by atoms with Crippen LogP contribution in [0, 0.1) is 0 Å². The number of hydrogen-bond donors (Lipinski definition) is 1. The zero-order valence-corrected chi connectivity index (χ0v) is 6.47. The molecule has 0 unspecified atom stereocenters. The van der Waals surface area contributed by atoms with E-state index in [2.05, 4.69) is 15.3 Å². The zero-order chi connectivity index (χ0) is 7.68. The van der Waals surface area contributed by atoms with Crippen molar-refractivity contribution in [2.24, 2.45) is 0 Å². The Morgan fingerprint density at radius 1 is 1.45 bits per heavy atom. The number of halogens is 1. The van der Waals surface area contributed by atoms with Crippen LogP contribution in [-0.4, -0.2) is 9.97 Å². The zero-order valence-electron chi connectivity index (χ0n) is 5.71. The highest BCUT2D eigenvalue weighted by atomic mass is 35.5. The normalized spacial score (nSPS) is 13.9. The first-order valence-corrected chi connectivity index (χ1v) is 3.66. The highest BCUT2D eigenvalue weighted by molar-refractivity contribution is 6.30. The second-order valence-electron chi connectivity index (χ2n) is 2.24. The van der Waals surface area contributed by atoms with Gasteiger partial charge in [0.2, 0.25) is 0 Å². The molecule has 1 aliphatic heterocycles. The first-order valence-electron chi connectivity index (χ1n) is 3.29. The van der Waals surface area contributed by atoms with Crippen molar-refractivity contribution in [2.45, 2.75) is 6.42 Å². The number of rotatable bonds is 0. The minimum Gasteiger partial charge on any atom is -0.347 e. The van der Waals surface area contributed by atoms with Gasteiger partial charge in [0.1, 0.15) is 17.3 Å². The summed E-state index contributed by atoms with van der Waals surface area (Å²) < 4.78 is 0. The summed E-state index contributed by atoms with van der Waals surface area (Å²) in [7, 11) is 0. The monoisotopic (exact) mass is 167 g/mol. The van der Waals surface area contributed by atoms with Crippen LogP contribution in [0.15, 0.2) is 18.6 Å². The van der Waals surface area contributed by atoms with E-state index in [4.69, 9.17) is 11.6 Å². The van der Waals surface area contributed by atoms with E-state index in [1.807, 2.05) is 12.3 Å². The highest BCUT2D eigenvalue weighted by Gasteiger charge is 2.09. The minimum absolute atomic E-state index is 0.534. The molecule has 0 radical (unpaired) electrons. The van der Waals surface area contributed by atoms with Crippen LogP contribution in [-0.2, 0) is 6.42 Å². The Hall–Kier alpha value is -1.09. The van der Waals surface area contributed by atoms with Crippen LogP contribution >= 0.6 is 11.6 Å². The van der Waals surface area contributed by atoms with Crippen molar-refractivity contribution in [3.63, 3.8) is 0 Å². The molecule has 1 N–H and O–H groups in total. The third kappa shape index (κ3) is 1.07. The molecular formula is C7H6ClN3. The molecule has 11 heavy (non-hydrogen) atoms. The van der Waals surface area contributed by atoms with E-state index in [1.54, 1.807) is 0 Å². The number of hydrogen-bond acceptors (Lipinski definition) is 3. The second kappa shape index (κ2) is 2.51. The summed E-state index contributed by atoms with van der Waals surface area (Å²) in [6, 6.07) is 0. The lowest BCUT2D eigenvalue weighted by atomic mass is 10.2. The molecule has 1 aromatic rings. The van der Waals surface area contributed by atoms with Gasteiger partial charge in [0.05, 0.1) is 0 Å². The largest absolute Gasteiger partial charge is 0.347 e. The van der Waals surface area contributed by atoms with Crippen molar-refractivity contribution >= 4 is 17.4 Å². The molecule has 2 heterocycles. The van der Waals surface area contributed by atoms with Crippen molar-refractivity contribution in [1.82, 2.24) is 9.97 Å². The van der Waals surface area contributed by atoms with Gasteiger partial charge >= 0.3 is 0 Å². The Bertz CT molecular complexity index is 309. The summed E-state index contributed by atoms with van der Waals surface area (Å²) in [6.07, 6.45) is 6.10. The second-order valence-corrected chi connectivity index (χ2v) is 2.60. The van der Waals surface area contributed by atoms with Crippen LogP contribution in [0.4, 0.5) is 5.82 Å². The lowest BCUT2D eigenvalue weighted by molar-refractivity contribution is 1.07. The maximum Gasteiger partial charge on any atom is 0.138 e. The molecule has 0 fully saturated rings. The number of anilines is 1. The Labute approximate surface area is 69.1 Å². The quantitative estimate of drug-likeness (QED) is 0.597. The first kappa shape index (κ1) is 6.61. The van der Waals surface area contributed by atoms with E-state index in [-0.39, 0.29) is 0 Å².